The van der Waals surface area contributed by atoms with Crippen molar-refractivity contribution in [3.63, 3.8) is 0 Å². The van der Waals surface area contributed by atoms with Gasteiger partial charge in [0.25, 0.3) is 0 Å². The van der Waals surface area contributed by atoms with Gasteiger partial charge in [0.1, 0.15) is 0 Å². The number of fused-ring (bicyclic) bond motifs is 6. The molecule has 0 radical (unpaired) electrons. The van der Waals surface area contributed by atoms with Crippen LogP contribution in [0.3, 0.4) is 0 Å². The molecule has 10 nitrogen and oxygen atoms in total. The van der Waals surface area contributed by atoms with Gasteiger partial charge in [-0.1, -0.05) is 42.5 Å². The Hall–Kier alpha value is -2.60. The molecule has 2 aromatic carbocycles. The maximum absolute atomic E-state index is 10.6. The molecule has 0 saturated carbocycles. The fourth-order valence-corrected chi connectivity index (χ4v) is 8.90. The lowest BCUT2D eigenvalue weighted by molar-refractivity contribution is -0.0713. The predicted octanol–water partition coefficient (Wildman–Crippen LogP) is 7.37. The first-order valence-electron chi connectivity index (χ1n) is 19.6. The van der Waals surface area contributed by atoms with E-state index in [2.05, 4.69) is 66.5 Å². The van der Waals surface area contributed by atoms with Gasteiger partial charge in [-0.3, -0.25) is 9.80 Å². The van der Waals surface area contributed by atoms with E-state index in [0.717, 1.165) is 101 Å². The summed E-state index contributed by atoms with van der Waals surface area (Å²) < 4.78 is 32.5. The van der Waals surface area contributed by atoms with Crippen LogP contribution in [-0.2, 0) is 22.3 Å². The van der Waals surface area contributed by atoms with E-state index in [0.29, 0.717) is 42.4 Å². The summed E-state index contributed by atoms with van der Waals surface area (Å²) >= 11 is 0. The summed E-state index contributed by atoms with van der Waals surface area (Å²) in [5.41, 5.74) is 5.33. The summed E-state index contributed by atoms with van der Waals surface area (Å²) in [6.07, 6.45) is 6.13. The minimum atomic E-state index is -0.210. The number of rotatable bonds is 11. The van der Waals surface area contributed by atoms with Crippen molar-refractivity contribution in [2.75, 3.05) is 81.0 Å². The van der Waals surface area contributed by atoms with Crippen molar-refractivity contribution >= 4 is 0 Å². The van der Waals surface area contributed by atoms with Crippen LogP contribution >= 0.6 is 0 Å². The van der Waals surface area contributed by atoms with Crippen LogP contribution < -0.4 is 18.9 Å². The van der Waals surface area contributed by atoms with Crippen molar-refractivity contribution in [1.82, 2.24) is 9.80 Å². The summed E-state index contributed by atoms with van der Waals surface area (Å²) in [6, 6.07) is 9.16. The zero-order valence-corrected chi connectivity index (χ0v) is 33.1. The number of methoxy groups -OCH3 is 4. The van der Waals surface area contributed by atoms with E-state index in [9.17, 15) is 10.2 Å². The topological polar surface area (TPSA) is 106 Å². The van der Waals surface area contributed by atoms with Gasteiger partial charge in [0.2, 0.25) is 0 Å². The quantitative estimate of drug-likeness (QED) is 0.226. The average Bonchev–Trinajstić information content (AvgIpc) is 4.03. The highest BCUT2D eigenvalue weighted by Crippen LogP contribution is 2.45. The largest absolute Gasteiger partial charge is 0.493 e. The van der Waals surface area contributed by atoms with Gasteiger partial charge < -0.3 is 38.6 Å². The second kappa shape index (κ2) is 21.6. The molecule has 0 spiro atoms. The molecule has 2 N–H and O–H groups in total. The van der Waals surface area contributed by atoms with Gasteiger partial charge in [0.05, 0.1) is 67.1 Å². The van der Waals surface area contributed by atoms with Gasteiger partial charge in [-0.15, -0.1) is 0 Å². The van der Waals surface area contributed by atoms with E-state index < -0.39 is 0 Å². The number of hydrogen-bond donors (Lipinski definition) is 2. The number of nitrogens with zero attached hydrogens (tertiary/aromatic N) is 2. The lowest BCUT2D eigenvalue weighted by Crippen LogP contribution is -2.49. The molecular weight excluding hydrogens is 684 g/mol. The number of aliphatic hydroxyl groups is 2. The molecule has 54 heavy (non-hydrogen) atoms. The lowest BCUT2D eigenvalue weighted by atomic mass is 9.79. The Bertz CT molecular complexity index is 1410. The first-order valence-corrected chi connectivity index (χ1v) is 19.6. The van der Waals surface area contributed by atoms with Gasteiger partial charge >= 0.3 is 0 Å². The van der Waals surface area contributed by atoms with Gasteiger partial charge in [-0.2, -0.15) is 0 Å². The van der Waals surface area contributed by atoms with E-state index in [4.69, 9.17) is 23.7 Å². The van der Waals surface area contributed by atoms with Crippen LogP contribution in [0.2, 0.25) is 0 Å². The second-order valence-corrected chi connectivity index (χ2v) is 15.9. The lowest BCUT2D eigenvalue weighted by Gasteiger charge is -2.47. The van der Waals surface area contributed by atoms with Gasteiger partial charge in [0, 0.05) is 38.3 Å². The highest BCUT2D eigenvalue weighted by Gasteiger charge is 2.41. The van der Waals surface area contributed by atoms with Crippen LogP contribution in [0.25, 0.3) is 0 Å². The molecular formula is C44H74N2O8. The third-order valence-corrected chi connectivity index (χ3v) is 11.3. The van der Waals surface area contributed by atoms with Crippen LogP contribution in [0.5, 0.6) is 23.0 Å². The molecule has 7 rings (SSSR count). The van der Waals surface area contributed by atoms with E-state index in [1.54, 1.807) is 28.4 Å². The molecule has 0 amide bonds. The van der Waals surface area contributed by atoms with Crippen molar-refractivity contribution < 1.29 is 38.6 Å². The maximum atomic E-state index is 10.6. The van der Waals surface area contributed by atoms with Gasteiger partial charge in [-0.25, -0.2) is 0 Å². The zero-order chi connectivity index (χ0) is 37.4. The molecule has 0 aromatic heterocycles. The predicted molar refractivity (Wildman–Crippen MR) is 217 cm³/mol. The maximum Gasteiger partial charge on any atom is 0.161 e. The molecule has 5 heterocycles. The number of ether oxygens (including phenoxy) is 6. The summed E-state index contributed by atoms with van der Waals surface area (Å²) in [6.45, 7) is 15.7. The number of benzene rings is 2. The molecule has 0 unspecified atom stereocenters. The summed E-state index contributed by atoms with van der Waals surface area (Å²) in [5.74, 6) is 5.39. The van der Waals surface area contributed by atoms with Crippen molar-refractivity contribution in [3.8, 4) is 23.0 Å². The normalized spacial score (nSPS) is 25.4. The number of hydrogen-bond acceptors (Lipinski definition) is 10. The molecule has 10 heteroatoms. The van der Waals surface area contributed by atoms with Crippen LogP contribution in [-0.4, -0.2) is 113 Å². The molecule has 6 atom stereocenters. The summed E-state index contributed by atoms with van der Waals surface area (Å²) in [4.78, 5) is 5.16. The standard InChI is InChI=1S/C21H33NO4.C19H29NO3.C2H4O.2CH4/c1-14(2)9-16-13-22-6-5-15-10-20(24-3)21(25-4)11-17(15)18(22)12-19(16)26-8-7-23;1-12(2)7-14-11-20-6-5-13-8-18(22-3)19(23-4)9-15(13)16(20)10-17(14)21;1-2-3-1;;/h10-11,14,16,18-19,23H,5-9,12-13H2,1-4H3;8-9,12,14,16-17,21H,5-7,10-11H2,1-4H3;1-2H2;2*1H4/t16-,18-,19-;14-,16-,17-;;;/m11.../s1. The Morgan fingerprint density at radius 1 is 0.685 bits per heavy atom. The number of piperidine rings is 2. The van der Waals surface area contributed by atoms with Gasteiger partial charge in [-0.05, 0) is 109 Å². The zero-order valence-electron chi connectivity index (χ0n) is 33.1. The van der Waals surface area contributed by atoms with Crippen molar-refractivity contribution in [1.29, 1.82) is 0 Å². The molecule has 5 aliphatic rings. The van der Waals surface area contributed by atoms with Crippen LogP contribution in [0.4, 0.5) is 0 Å². The number of epoxide rings is 1. The summed E-state index contributed by atoms with van der Waals surface area (Å²) in [7, 11) is 6.74. The Balaban J connectivity index is 0.000000261. The van der Waals surface area contributed by atoms with Crippen molar-refractivity contribution in [3.05, 3.63) is 46.5 Å². The number of aliphatic hydroxyl groups excluding tert-OH is 2. The van der Waals surface area contributed by atoms with Crippen LogP contribution in [0.15, 0.2) is 24.3 Å². The third kappa shape index (κ3) is 11.5. The molecule has 0 aliphatic carbocycles. The van der Waals surface area contributed by atoms with E-state index in [-0.39, 0.29) is 33.7 Å². The molecule has 2 aromatic rings. The smallest absolute Gasteiger partial charge is 0.161 e. The molecule has 3 fully saturated rings. The first kappa shape index (κ1) is 45.8. The summed E-state index contributed by atoms with van der Waals surface area (Å²) in [5, 5.41) is 19.8. The van der Waals surface area contributed by atoms with E-state index >= 15 is 0 Å². The minimum Gasteiger partial charge on any atom is -0.493 e. The Morgan fingerprint density at radius 2 is 1.11 bits per heavy atom. The molecule has 308 valence electrons. The first-order chi connectivity index (χ1) is 25.1. The monoisotopic (exact) mass is 759 g/mol. The molecule has 5 aliphatic heterocycles. The fourth-order valence-electron chi connectivity index (χ4n) is 8.90. The van der Waals surface area contributed by atoms with E-state index in [1.165, 1.54) is 22.3 Å². The van der Waals surface area contributed by atoms with E-state index in [1.807, 2.05) is 0 Å². The van der Waals surface area contributed by atoms with Crippen LogP contribution in [0, 0.1) is 23.7 Å². The Labute approximate surface area is 327 Å². The highest BCUT2D eigenvalue weighted by molar-refractivity contribution is 5.50. The van der Waals surface area contributed by atoms with Crippen LogP contribution in [0.1, 0.15) is 103 Å². The fraction of sp³-hybridized carbons (Fsp3) is 0.727. The minimum absolute atomic E-state index is 0. The SMILES string of the molecule is C.C.C1CO1.COc1cc2c(cc1OC)[C@H]1C[C@@H](O)[C@H](CC(C)C)CN1CC2.COc1cc2c(cc1OC)[C@H]1C[C@@H](OCCO)[C@H](CC(C)C)CN1CC2. The third-order valence-electron chi connectivity index (χ3n) is 11.3. The Morgan fingerprint density at radius 3 is 1.54 bits per heavy atom. The second-order valence-electron chi connectivity index (χ2n) is 15.9. The Kier molecular flexibility index (Phi) is 18.3. The van der Waals surface area contributed by atoms with Crippen molar-refractivity contribution in [2.45, 2.75) is 105 Å². The average molecular weight is 759 g/mol. The van der Waals surface area contributed by atoms with Gasteiger partial charge in [0.15, 0.2) is 23.0 Å². The van der Waals surface area contributed by atoms with Crippen molar-refractivity contribution in [2.24, 2.45) is 23.7 Å². The molecule has 0 bridgehead atoms. The molecule has 3 saturated heterocycles. The highest BCUT2D eigenvalue weighted by atomic mass is 16.6.